The van der Waals surface area contributed by atoms with Gasteiger partial charge in [-0.15, -0.1) is 0 Å². The average Bonchev–Trinajstić information content (AvgIpc) is 2.31. The Hall–Kier alpha value is -0.460. The number of ether oxygens (including phenoxy) is 1. The summed E-state index contributed by atoms with van der Waals surface area (Å²) in [5.41, 5.74) is 2.59. The zero-order chi connectivity index (χ0) is 12.2. The zero-order valence-electron chi connectivity index (χ0n) is 10.5. The van der Waals surface area contributed by atoms with Gasteiger partial charge in [0.15, 0.2) is 0 Å². The molecular formula is C10H24N4OS. The SMILES string of the molecule is CCC(CSC)NC(=NCCCOC)NN. The van der Waals surface area contributed by atoms with Crippen molar-refractivity contribution in [3.8, 4) is 0 Å². The molecule has 0 amide bonds. The Morgan fingerprint density at radius 2 is 2.31 bits per heavy atom. The van der Waals surface area contributed by atoms with Crippen LogP contribution >= 0.6 is 11.8 Å². The van der Waals surface area contributed by atoms with Crippen molar-refractivity contribution in [2.75, 3.05) is 32.3 Å². The number of thioether (sulfide) groups is 1. The molecule has 0 fully saturated rings. The van der Waals surface area contributed by atoms with Gasteiger partial charge in [0.05, 0.1) is 0 Å². The fraction of sp³-hybridized carbons (Fsp3) is 0.900. The summed E-state index contributed by atoms with van der Waals surface area (Å²) in [4.78, 5) is 4.33. The van der Waals surface area contributed by atoms with Crippen molar-refractivity contribution in [3.63, 3.8) is 0 Å². The monoisotopic (exact) mass is 248 g/mol. The Balaban J connectivity index is 3.95. The van der Waals surface area contributed by atoms with Gasteiger partial charge in [-0.25, -0.2) is 5.84 Å². The molecule has 0 radical (unpaired) electrons. The highest BCUT2D eigenvalue weighted by Gasteiger charge is 2.06. The Labute approximate surface area is 103 Å². The summed E-state index contributed by atoms with van der Waals surface area (Å²) in [5.74, 6) is 7.12. The third kappa shape index (κ3) is 7.78. The lowest BCUT2D eigenvalue weighted by molar-refractivity contribution is 0.197. The van der Waals surface area contributed by atoms with Crippen molar-refractivity contribution in [2.24, 2.45) is 10.8 Å². The lowest BCUT2D eigenvalue weighted by Crippen LogP contribution is -2.47. The number of rotatable bonds is 8. The third-order valence-corrected chi connectivity index (χ3v) is 2.85. The molecule has 0 heterocycles. The van der Waals surface area contributed by atoms with Crippen LogP contribution < -0.4 is 16.6 Å². The molecule has 16 heavy (non-hydrogen) atoms. The molecule has 5 nitrogen and oxygen atoms in total. The Bertz CT molecular complexity index is 190. The number of hydrogen-bond donors (Lipinski definition) is 3. The van der Waals surface area contributed by atoms with Crippen LogP contribution in [0.25, 0.3) is 0 Å². The minimum Gasteiger partial charge on any atom is -0.385 e. The summed E-state index contributed by atoms with van der Waals surface area (Å²) < 4.78 is 4.95. The molecule has 0 spiro atoms. The number of aliphatic imine (C=N–C) groups is 1. The fourth-order valence-electron chi connectivity index (χ4n) is 1.19. The molecule has 0 rings (SSSR count). The molecule has 0 aliphatic carbocycles. The van der Waals surface area contributed by atoms with E-state index in [-0.39, 0.29) is 0 Å². The van der Waals surface area contributed by atoms with E-state index in [1.807, 2.05) is 11.8 Å². The van der Waals surface area contributed by atoms with Crippen molar-refractivity contribution in [1.29, 1.82) is 0 Å². The van der Waals surface area contributed by atoms with Crippen LogP contribution in [0.5, 0.6) is 0 Å². The van der Waals surface area contributed by atoms with Gasteiger partial charge in [-0.1, -0.05) is 6.92 Å². The summed E-state index contributed by atoms with van der Waals surface area (Å²) in [6, 6.07) is 0.409. The summed E-state index contributed by atoms with van der Waals surface area (Å²) in [7, 11) is 1.69. The van der Waals surface area contributed by atoms with Crippen LogP contribution in [0.1, 0.15) is 19.8 Å². The zero-order valence-corrected chi connectivity index (χ0v) is 11.3. The summed E-state index contributed by atoms with van der Waals surface area (Å²) in [6.45, 7) is 3.59. The van der Waals surface area contributed by atoms with E-state index in [2.05, 4.69) is 28.9 Å². The standard InChI is InChI=1S/C10H24N4OS/c1-4-9(8-16-3)13-10(14-11)12-6-5-7-15-2/h9H,4-8,11H2,1-3H3,(H2,12,13,14). The van der Waals surface area contributed by atoms with E-state index >= 15 is 0 Å². The van der Waals surface area contributed by atoms with Crippen molar-refractivity contribution in [1.82, 2.24) is 10.7 Å². The van der Waals surface area contributed by atoms with Crippen LogP contribution in [0.2, 0.25) is 0 Å². The Morgan fingerprint density at radius 3 is 2.81 bits per heavy atom. The molecule has 0 aliphatic heterocycles. The van der Waals surface area contributed by atoms with Gasteiger partial charge in [0.1, 0.15) is 0 Å². The topological polar surface area (TPSA) is 71.7 Å². The summed E-state index contributed by atoms with van der Waals surface area (Å²) in [5, 5.41) is 3.28. The van der Waals surface area contributed by atoms with E-state index < -0.39 is 0 Å². The highest BCUT2D eigenvalue weighted by atomic mass is 32.2. The molecule has 0 aliphatic rings. The van der Waals surface area contributed by atoms with Crippen LogP contribution in [0.4, 0.5) is 0 Å². The Morgan fingerprint density at radius 1 is 1.56 bits per heavy atom. The van der Waals surface area contributed by atoms with Crippen LogP contribution in [0, 0.1) is 0 Å². The molecule has 0 aromatic heterocycles. The smallest absolute Gasteiger partial charge is 0.205 e. The fourth-order valence-corrected chi connectivity index (χ4v) is 1.91. The van der Waals surface area contributed by atoms with E-state index in [0.717, 1.165) is 31.7 Å². The molecule has 0 bridgehead atoms. The van der Waals surface area contributed by atoms with Crippen LogP contribution in [0.15, 0.2) is 4.99 Å². The maximum atomic E-state index is 5.41. The van der Waals surface area contributed by atoms with Gasteiger partial charge in [-0.2, -0.15) is 11.8 Å². The number of nitrogens with two attached hydrogens (primary N) is 1. The normalized spacial score (nSPS) is 13.6. The van der Waals surface area contributed by atoms with Crippen molar-refractivity contribution in [3.05, 3.63) is 0 Å². The molecule has 0 aromatic carbocycles. The largest absolute Gasteiger partial charge is 0.385 e. The second-order valence-corrected chi connectivity index (χ2v) is 4.34. The van der Waals surface area contributed by atoms with Gasteiger partial charge in [0, 0.05) is 32.1 Å². The quantitative estimate of drug-likeness (QED) is 0.193. The molecule has 6 heteroatoms. The number of nitrogens with one attached hydrogen (secondary N) is 2. The molecule has 0 saturated heterocycles. The molecule has 0 saturated carbocycles. The lowest BCUT2D eigenvalue weighted by Gasteiger charge is -2.18. The van der Waals surface area contributed by atoms with Crippen molar-refractivity contribution < 1.29 is 4.74 Å². The van der Waals surface area contributed by atoms with Gasteiger partial charge < -0.3 is 10.1 Å². The first kappa shape index (κ1) is 15.5. The molecular weight excluding hydrogens is 224 g/mol. The molecule has 1 atom stereocenters. The predicted octanol–water partition coefficient (Wildman–Crippen LogP) is 0.573. The van der Waals surface area contributed by atoms with E-state index in [9.17, 15) is 0 Å². The first-order chi connectivity index (χ1) is 7.78. The summed E-state index contributed by atoms with van der Waals surface area (Å²) >= 11 is 1.81. The molecule has 0 aromatic rings. The van der Waals surface area contributed by atoms with Crippen LogP contribution in [0.3, 0.4) is 0 Å². The van der Waals surface area contributed by atoms with Crippen molar-refractivity contribution >= 4 is 17.7 Å². The van der Waals surface area contributed by atoms with E-state index in [1.54, 1.807) is 7.11 Å². The molecule has 96 valence electrons. The van der Waals surface area contributed by atoms with Gasteiger partial charge in [0.2, 0.25) is 5.96 Å². The lowest BCUT2D eigenvalue weighted by atomic mass is 10.3. The molecule has 1 unspecified atom stereocenters. The number of nitrogens with zero attached hydrogens (tertiary/aromatic N) is 1. The van der Waals surface area contributed by atoms with E-state index in [1.165, 1.54) is 0 Å². The predicted molar refractivity (Wildman–Crippen MR) is 71.7 cm³/mol. The first-order valence-electron chi connectivity index (χ1n) is 5.53. The number of methoxy groups -OCH3 is 1. The van der Waals surface area contributed by atoms with E-state index in [0.29, 0.717) is 12.0 Å². The average molecular weight is 248 g/mol. The van der Waals surface area contributed by atoms with Crippen molar-refractivity contribution in [2.45, 2.75) is 25.8 Å². The van der Waals surface area contributed by atoms with Gasteiger partial charge in [0.25, 0.3) is 0 Å². The highest BCUT2D eigenvalue weighted by molar-refractivity contribution is 7.98. The number of guanidine groups is 1. The van der Waals surface area contributed by atoms with Gasteiger partial charge in [-0.3, -0.25) is 10.4 Å². The third-order valence-electron chi connectivity index (χ3n) is 2.11. The Kier molecular flexibility index (Phi) is 10.7. The van der Waals surface area contributed by atoms with Crippen LogP contribution in [-0.4, -0.2) is 44.3 Å². The second kappa shape index (κ2) is 11.0. The number of hydrogen-bond acceptors (Lipinski definition) is 4. The van der Waals surface area contributed by atoms with E-state index in [4.69, 9.17) is 10.6 Å². The maximum Gasteiger partial charge on any atom is 0.205 e. The van der Waals surface area contributed by atoms with Gasteiger partial charge >= 0.3 is 0 Å². The first-order valence-corrected chi connectivity index (χ1v) is 6.93. The number of hydrazine groups is 1. The molecule has 4 N–H and O–H groups in total. The van der Waals surface area contributed by atoms with Crippen LogP contribution in [-0.2, 0) is 4.74 Å². The second-order valence-electron chi connectivity index (χ2n) is 3.43. The maximum absolute atomic E-state index is 5.41. The minimum absolute atomic E-state index is 0.409. The summed E-state index contributed by atoms with van der Waals surface area (Å²) in [6.07, 6.45) is 4.05. The highest BCUT2D eigenvalue weighted by Crippen LogP contribution is 2.00. The minimum atomic E-state index is 0.409. The van der Waals surface area contributed by atoms with Gasteiger partial charge in [-0.05, 0) is 19.1 Å².